The van der Waals surface area contributed by atoms with Crippen molar-refractivity contribution in [2.75, 3.05) is 26.7 Å². The van der Waals surface area contributed by atoms with Crippen LogP contribution in [0.2, 0.25) is 0 Å². The molecule has 0 radical (unpaired) electrons. The first-order valence-corrected chi connectivity index (χ1v) is 7.63. The summed E-state index contributed by atoms with van der Waals surface area (Å²) in [6, 6.07) is 9.58. The molecule has 0 aliphatic heterocycles. The number of nitrogens with zero attached hydrogens (tertiary/aromatic N) is 1. The highest BCUT2D eigenvalue weighted by Gasteiger charge is 2.09. The molecule has 0 unspecified atom stereocenters. The number of carbonyl (C=O) groups excluding carboxylic acids is 2. The number of rotatable bonds is 9. The molecule has 1 aromatic carbocycles. The minimum Gasteiger partial charge on any atom is -0.356 e. The van der Waals surface area contributed by atoms with Gasteiger partial charge in [-0.2, -0.15) is 0 Å². The maximum absolute atomic E-state index is 11.9. The highest BCUT2D eigenvalue weighted by molar-refractivity contribution is 5.78. The van der Waals surface area contributed by atoms with Gasteiger partial charge in [-0.1, -0.05) is 30.3 Å². The van der Waals surface area contributed by atoms with E-state index in [1.54, 1.807) is 11.9 Å². The van der Waals surface area contributed by atoms with Gasteiger partial charge in [0.25, 0.3) is 0 Å². The van der Waals surface area contributed by atoms with Crippen LogP contribution < -0.4 is 16.4 Å². The second-order valence-corrected chi connectivity index (χ2v) is 5.17. The first-order chi connectivity index (χ1) is 10.6. The molecule has 0 aliphatic rings. The largest absolute Gasteiger partial charge is 0.356 e. The molecule has 0 fully saturated rings. The standard InChI is InChI=1S/C16H26N4O2/c1-20(13-14-7-3-2-4-8-14)16(22)19-12-9-15(21)18-11-6-5-10-17/h2-4,7-8H,5-6,9-13,17H2,1H3,(H,18,21)(H,19,22). The van der Waals surface area contributed by atoms with Crippen molar-refractivity contribution in [3.8, 4) is 0 Å². The van der Waals surface area contributed by atoms with E-state index in [1.807, 2.05) is 30.3 Å². The summed E-state index contributed by atoms with van der Waals surface area (Å²) in [7, 11) is 1.73. The number of nitrogens with two attached hydrogens (primary N) is 1. The Morgan fingerprint density at radius 1 is 1.09 bits per heavy atom. The van der Waals surface area contributed by atoms with Crippen LogP contribution in [-0.2, 0) is 11.3 Å². The molecule has 0 atom stereocenters. The van der Waals surface area contributed by atoms with Crippen LogP contribution in [-0.4, -0.2) is 43.5 Å². The summed E-state index contributed by atoms with van der Waals surface area (Å²) < 4.78 is 0. The van der Waals surface area contributed by atoms with E-state index in [9.17, 15) is 9.59 Å². The van der Waals surface area contributed by atoms with Crippen LogP contribution in [0.1, 0.15) is 24.8 Å². The van der Waals surface area contributed by atoms with Crippen molar-refractivity contribution in [1.82, 2.24) is 15.5 Å². The van der Waals surface area contributed by atoms with Crippen molar-refractivity contribution >= 4 is 11.9 Å². The maximum atomic E-state index is 11.9. The van der Waals surface area contributed by atoms with Gasteiger partial charge in [0.1, 0.15) is 0 Å². The first-order valence-electron chi connectivity index (χ1n) is 7.63. The Hall–Kier alpha value is -2.08. The number of nitrogens with one attached hydrogen (secondary N) is 2. The normalized spacial score (nSPS) is 10.1. The molecule has 0 bridgehead atoms. The monoisotopic (exact) mass is 306 g/mol. The van der Waals surface area contributed by atoms with Crippen LogP contribution in [0.4, 0.5) is 4.79 Å². The summed E-state index contributed by atoms with van der Waals surface area (Å²) in [4.78, 5) is 25.0. The first kappa shape index (κ1) is 18.0. The van der Waals surface area contributed by atoms with Crippen LogP contribution in [0, 0.1) is 0 Å². The van der Waals surface area contributed by atoms with Gasteiger partial charge < -0.3 is 21.3 Å². The van der Waals surface area contributed by atoms with Crippen molar-refractivity contribution in [1.29, 1.82) is 0 Å². The summed E-state index contributed by atoms with van der Waals surface area (Å²) in [5.41, 5.74) is 6.44. The molecule has 0 saturated carbocycles. The number of urea groups is 1. The van der Waals surface area contributed by atoms with E-state index >= 15 is 0 Å². The molecule has 0 aromatic heterocycles. The van der Waals surface area contributed by atoms with E-state index in [1.165, 1.54) is 0 Å². The summed E-state index contributed by atoms with van der Waals surface area (Å²) in [6.45, 7) is 2.15. The molecule has 3 amide bonds. The van der Waals surface area contributed by atoms with Crippen LogP contribution >= 0.6 is 0 Å². The molecular weight excluding hydrogens is 280 g/mol. The average molecular weight is 306 g/mol. The van der Waals surface area contributed by atoms with Crippen molar-refractivity contribution < 1.29 is 9.59 Å². The van der Waals surface area contributed by atoms with Gasteiger partial charge in [0.15, 0.2) is 0 Å². The van der Waals surface area contributed by atoms with Crippen LogP contribution in [0.5, 0.6) is 0 Å². The Balaban J connectivity index is 2.15. The van der Waals surface area contributed by atoms with Gasteiger partial charge in [0, 0.05) is 33.1 Å². The molecule has 6 nitrogen and oxygen atoms in total. The number of hydrogen-bond acceptors (Lipinski definition) is 3. The van der Waals surface area contributed by atoms with Gasteiger partial charge in [-0.25, -0.2) is 4.79 Å². The molecule has 0 aliphatic carbocycles. The molecule has 0 heterocycles. The topological polar surface area (TPSA) is 87.5 Å². The molecule has 4 N–H and O–H groups in total. The van der Waals surface area contributed by atoms with Gasteiger partial charge in [0.2, 0.25) is 5.91 Å². The zero-order chi connectivity index (χ0) is 16.2. The fourth-order valence-corrected chi connectivity index (χ4v) is 1.93. The zero-order valence-electron chi connectivity index (χ0n) is 13.2. The molecule has 0 spiro atoms. The summed E-state index contributed by atoms with van der Waals surface area (Å²) >= 11 is 0. The lowest BCUT2D eigenvalue weighted by molar-refractivity contribution is -0.120. The Kier molecular flexibility index (Phi) is 8.67. The van der Waals surface area contributed by atoms with E-state index in [0.29, 0.717) is 26.2 Å². The maximum Gasteiger partial charge on any atom is 0.317 e. The van der Waals surface area contributed by atoms with Crippen molar-refractivity contribution in [2.45, 2.75) is 25.8 Å². The second kappa shape index (κ2) is 10.6. The predicted octanol–water partition coefficient (Wildman–Crippen LogP) is 1.07. The third kappa shape index (κ3) is 7.64. The lowest BCUT2D eigenvalue weighted by atomic mass is 10.2. The van der Waals surface area contributed by atoms with E-state index in [-0.39, 0.29) is 18.4 Å². The van der Waals surface area contributed by atoms with Crippen molar-refractivity contribution in [2.24, 2.45) is 5.73 Å². The molecule has 122 valence electrons. The Morgan fingerprint density at radius 2 is 1.82 bits per heavy atom. The minimum absolute atomic E-state index is 0.0527. The lowest BCUT2D eigenvalue weighted by Crippen LogP contribution is -2.38. The second-order valence-electron chi connectivity index (χ2n) is 5.17. The van der Waals surface area contributed by atoms with E-state index < -0.39 is 0 Å². The number of benzene rings is 1. The molecule has 22 heavy (non-hydrogen) atoms. The van der Waals surface area contributed by atoms with Gasteiger partial charge in [-0.3, -0.25) is 4.79 Å². The van der Waals surface area contributed by atoms with Crippen molar-refractivity contribution in [3.05, 3.63) is 35.9 Å². The zero-order valence-corrected chi connectivity index (χ0v) is 13.2. The molecule has 1 rings (SSSR count). The third-order valence-electron chi connectivity index (χ3n) is 3.19. The number of hydrogen-bond donors (Lipinski definition) is 3. The minimum atomic E-state index is -0.181. The van der Waals surface area contributed by atoms with Gasteiger partial charge in [-0.05, 0) is 24.9 Å². The van der Waals surface area contributed by atoms with E-state index in [4.69, 9.17) is 5.73 Å². The van der Waals surface area contributed by atoms with Gasteiger partial charge in [-0.15, -0.1) is 0 Å². The summed E-state index contributed by atoms with van der Waals surface area (Å²) in [5, 5.41) is 5.54. The SMILES string of the molecule is CN(Cc1ccccc1)C(=O)NCCC(=O)NCCCCN. The number of unbranched alkanes of at least 4 members (excludes halogenated alkanes) is 1. The lowest BCUT2D eigenvalue weighted by Gasteiger charge is -2.18. The third-order valence-corrected chi connectivity index (χ3v) is 3.19. The Labute approximate surface area is 132 Å². The molecule has 6 heteroatoms. The molecule has 0 saturated heterocycles. The van der Waals surface area contributed by atoms with Crippen molar-refractivity contribution in [3.63, 3.8) is 0 Å². The average Bonchev–Trinajstić information content (AvgIpc) is 2.52. The highest BCUT2D eigenvalue weighted by atomic mass is 16.2. The number of carbonyl (C=O) groups is 2. The van der Waals surface area contributed by atoms with Crippen LogP contribution in [0.3, 0.4) is 0 Å². The van der Waals surface area contributed by atoms with Gasteiger partial charge >= 0.3 is 6.03 Å². The van der Waals surface area contributed by atoms with Gasteiger partial charge in [0.05, 0.1) is 0 Å². The fourth-order valence-electron chi connectivity index (χ4n) is 1.93. The summed E-state index contributed by atoms with van der Waals surface area (Å²) in [6.07, 6.45) is 2.07. The van der Waals surface area contributed by atoms with E-state index in [2.05, 4.69) is 10.6 Å². The van der Waals surface area contributed by atoms with Crippen LogP contribution in [0.25, 0.3) is 0 Å². The smallest absolute Gasteiger partial charge is 0.317 e. The Bertz CT molecular complexity index is 451. The quantitative estimate of drug-likeness (QED) is 0.596. The highest BCUT2D eigenvalue weighted by Crippen LogP contribution is 2.02. The van der Waals surface area contributed by atoms with Crippen LogP contribution in [0.15, 0.2) is 30.3 Å². The summed E-state index contributed by atoms with van der Waals surface area (Å²) in [5.74, 6) is -0.0527. The predicted molar refractivity (Wildman–Crippen MR) is 87.2 cm³/mol. The number of amides is 3. The van der Waals surface area contributed by atoms with E-state index in [0.717, 1.165) is 18.4 Å². The molecular formula is C16H26N4O2. The molecule has 1 aromatic rings. The fraction of sp³-hybridized carbons (Fsp3) is 0.500. The Morgan fingerprint density at radius 3 is 2.50 bits per heavy atom.